The zero-order valence-corrected chi connectivity index (χ0v) is 9.37. The largest absolute Gasteiger partial charge is 0.380 e. The minimum atomic E-state index is 0.653. The van der Waals surface area contributed by atoms with Crippen molar-refractivity contribution in [2.24, 2.45) is 0 Å². The third-order valence-corrected chi connectivity index (χ3v) is 3.04. The summed E-state index contributed by atoms with van der Waals surface area (Å²) in [5.74, 6) is 1.96. The molecule has 0 spiro atoms. The first kappa shape index (κ1) is 12.2. The molecule has 0 saturated carbocycles. The number of thioether (sulfide) groups is 2. The van der Waals surface area contributed by atoms with E-state index in [1.807, 2.05) is 0 Å². The Morgan fingerprint density at radius 3 is 1.73 bits per heavy atom. The second kappa shape index (κ2) is 11.2. The molecule has 0 amide bonds. The van der Waals surface area contributed by atoms with Gasteiger partial charge in [-0.05, 0) is 0 Å². The average Bonchev–Trinajstić information content (AvgIpc) is 2.03. The van der Waals surface area contributed by atoms with E-state index in [-0.39, 0.29) is 0 Å². The quantitative estimate of drug-likeness (QED) is 0.473. The van der Waals surface area contributed by atoms with Gasteiger partial charge in [-0.25, -0.2) is 0 Å². The lowest BCUT2D eigenvalue weighted by molar-refractivity contribution is 0.167. The van der Waals surface area contributed by atoms with Gasteiger partial charge < -0.3 is 4.74 Å². The topological polar surface area (TPSA) is 9.23 Å². The van der Waals surface area contributed by atoms with Gasteiger partial charge in [0, 0.05) is 11.5 Å². The molecule has 0 saturated heterocycles. The van der Waals surface area contributed by atoms with Crippen molar-refractivity contribution in [3.8, 4) is 0 Å². The van der Waals surface area contributed by atoms with E-state index in [0.29, 0.717) is 10.4 Å². The normalized spacial score (nSPS) is 10.4. The predicted octanol–water partition coefficient (Wildman–Crippen LogP) is 2.86. The van der Waals surface area contributed by atoms with Crippen molar-refractivity contribution in [3.63, 3.8) is 0 Å². The zero-order valence-electron chi connectivity index (χ0n) is 6.22. The summed E-state index contributed by atoms with van der Waals surface area (Å²) >= 11 is 14.3. The lowest BCUT2D eigenvalue weighted by atomic mass is 10.8. The van der Waals surface area contributed by atoms with E-state index in [1.54, 1.807) is 23.5 Å². The number of halogens is 2. The van der Waals surface area contributed by atoms with E-state index in [0.717, 1.165) is 24.7 Å². The molecule has 0 aromatic carbocycles. The van der Waals surface area contributed by atoms with Crippen LogP contribution in [0.1, 0.15) is 0 Å². The van der Waals surface area contributed by atoms with Crippen molar-refractivity contribution in [2.45, 2.75) is 0 Å². The van der Waals surface area contributed by atoms with Gasteiger partial charge in [0.25, 0.3) is 0 Å². The molecule has 0 atom stereocenters. The Morgan fingerprint density at radius 1 is 0.909 bits per heavy atom. The number of hydrogen-bond donors (Lipinski definition) is 0. The summed E-state index contributed by atoms with van der Waals surface area (Å²) in [6, 6.07) is 0. The second-order valence-electron chi connectivity index (χ2n) is 1.65. The van der Waals surface area contributed by atoms with Crippen molar-refractivity contribution in [3.05, 3.63) is 0 Å². The van der Waals surface area contributed by atoms with Crippen LogP contribution in [0.4, 0.5) is 0 Å². The van der Waals surface area contributed by atoms with E-state index < -0.39 is 0 Å². The summed E-state index contributed by atoms with van der Waals surface area (Å²) < 4.78 is 5.28. The molecule has 68 valence electrons. The molecule has 0 unspecified atom stereocenters. The summed E-state index contributed by atoms with van der Waals surface area (Å²) in [6.45, 7) is 1.58. The van der Waals surface area contributed by atoms with Gasteiger partial charge in [0.1, 0.15) is 0 Å². The van der Waals surface area contributed by atoms with E-state index >= 15 is 0 Å². The molecule has 1 nitrogen and oxygen atoms in total. The molecule has 11 heavy (non-hydrogen) atoms. The van der Waals surface area contributed by atoms with Gasteiger partial charge in [0.15, 0.2) is 0 Å². The SMILES string of the molecule is ClCSCCOCCSCCl. The van der Waals surface area contributed by atoms with Crippen LogP contribution in [0.5, 0.6) is 0 Å². The highest BCUT2D eigenvalue weighted by molar-refractivity contribution is 8.00. The first-order valence-corrected chi connectivity index (χ1v) is 6.65. The summed E-state index contributed by atoms with van der Waals surface area (Å²) in [4.78, 5) is 0. The lowest BCUT2D eigenvalue weighted by Crippen LogP contribution is -2.01. The van der Waals surface area contributed by atoms with Crippen LogP contribution in [0, 0.1) is 0 Å². The van der Waals surface area contributed by atoms with Crippen LogP contribution in [0.25, 0.3) is 0 Å². The van der Waals surface area contributed by atoms with Gasteiger partial charge in [-0.2, -0.15) is 0 Å². The molecule has 0 aliphatic rings. The fourth-order valence-corrected chi connectivity index (χ4v) is 1.79. The number of hydrogen-bond acceptors (Lipinski definition) is 3. The van der Waals surface area contributed by atoms with Crippen molar-refractivity contribution >= 4 is 46.7 Å². The van der Waals surface area contributed by atoms with Crippen LogP contribution in [-0.2, 0) is 4.74 Å². The van der Waals surface area contributed by atoms with E-state index in [1.165, 1.54) is 0 Å². The Morgan fingerprint density at radius 2 is 1.36 bits per heavy atom. The molecule has 0 rings (SSSR count). The van der Waals surface area contributed by atoms with Crippen molar-refractivity contribution in [1.82, 2.24) is 0 Å². The molecule has 0 aromatic heterocycles. The summed E-state index contributed by atoms with van der Waals surface area (Å²) in [5, 5.41) is 1.31. The lowest BCUT2D eigenvalue weighted by Gasteiger charge is -2.01. The minimum Gasteiger partial charge on any atom is -0.380 e. The summed E-state index contributed by atoms with van der Waals surface area (Å²) in [6.07, 6.45) is 0. The van der Waals surface area contributed by atoms with Gasteiger partial charge in [-0.1, -0.05) is 0 Å². The Labute approximate surface area is 86.5 Å². The zero-order chi connectivity index (χ0) is 8.36. The monoisotopic (exact) mass is 234 g/mol. The Hall–Kier alpha value is 1.24. The molecular formula is C6H12Cl2OS2. The predicted molar refractivity (Wildman–Crippen MR) is 57.2 cm³/mol. The molecule has 0 radical (unpaired) electrons. The van der Waals surface area contributed by atoms with E-state index in [2.05, 4.69) is 0 Å². The number of alkyl halides is 2. The fourth-order valence-electron chi connectivity index (χ4n) is 0.447. The Balaban J connectivity index is 2.69. The Bertz CT molecular complexity index is 67.6. The maximum atomic E-state index is 5.45. The van der Waals surface area contributed by atoms with Crippen LogP contribution < -0.4 is 0 Å². The molecular weight excluding hydrogens is 223 g/mol. The maximum Gasteiger partial charge on any atom is 0.0681 e. The fraction of sp³-hybridized carbons (Fsp3) is 1.00. The Kier molecular flexibility index (Phi) is 12.5. The van der Waals surface area contributed by atoms with Crippen LogP contribution in [0.2, 0.25) is 0 Å². The van der Waals surface area contributed by atoms with Gasteiger partial charge >= 0.3 is 0 Å². The molecule has 0 N–H and O–H groups in total. The minimum absolute atomic E-state index is 0.653. The third kappa shape index (κ3) is 11.2. The van der Waals surface area contributed by atoms with Crippen molar-refractivity contribution in [2.75, 3.05) is 35.1 Å². The van der Waals surface area contributed by atoms with Crippen LogP contribution >= 0.6 is 46.7 Å². The average molecular weight is 235 g/mol. The van der Waals surface area contributed by atoms with E-state index in [4.69, 9.17) is 27.9 Å². The first-order chi connectivity index (χ1) is 5.41. The second-order valence-corrected chi connectivity index (χ2v) is 5.03. The van der Waals surface area contributed by atoms with Gasteiger partial charge in [-0.15, -0.1) is 46.7 Å². The molecule has 0 fully saturated rings. The molecule has 0 bridgehead atoms. The van der Waals surface area contributed by atoms with Crippen LogP contribution in [-0.4, -0.2) is 35.1 Å². The molecule has 0 aromatic rings. The van der Waals surface area contributed by atoms with Crippen LogP contribution in [0.3, 0.4) is 0 Å². The van der Waals surface area contributed by atoms with E-state index in [9.17, 15) is 0 Å². The van der Waals surface area contributed by atoms with Crippen molar-refractivity contribution < 1.29 is 4.74 Å². The van der Waals surface area contributed by atoms with Crippen LogP contribution in [0.15, 0.2) is 0 Å². The molecule has 5 heteroatoms. The number of rotatable bonds is 8. The maximum absolute atomic E-state index is 5.45. The van der Waals surface area contributed by atoms with Gasteiger partial charge in [0.2, 0.25) is 0 Å². The van der Waals surface area contributed by atoms with Gasteiger partial charge in [-0.3, -0.25) is 0 Å². The third-order valence-electron chi connectivity index (χ3n) is 0.898. The molecule has 0 aliphatic heterocycles. The highest BCUT2D eigenvalue weighted by Gasteiger charge is 1.89. The standard InChI is InChI=1S/C6H12Cl2OS2/c7-5-10-3-1-9-2-4-11-6-8/h1-6H2. The van der Waals surface area contributed by atoms with Crippen molar-refractivity contribution in [1.29, 1.82) is 0 Å². The summed E-state index contributed by atoms with van der Waals surface area (Å²) in [5.41, 5.74) is 0. The first-order valence-electron chi connectivity index (χ1n) is 3.27. The summed E-state index contributed by atoms with van der Waals surface area (Å²) in [7, 11) is 0. The number of ether oxygens (including phenoxy) is 1. The highest BCUT2D eigenvalue weighted by atomic mass is 35.5. The molecule has 0 heterocycles. The van der Waals surface area contributed by atoms with Gasteiger partial charge in [0.05, 0.1) is 23.6 Å². The highest BCUT2D eigenvalue weighted by Crippen LogP contribution is 2.03. The molecule has 0 aliphatic carbocycles. The smallest absolute Gasteiger partial charge is 0.0681 e.